The molecule has 0 spiro atoms. The molecular weight excluding hydrogens is 507 g/mol. The molecule has 32 heavy (non-hydrogen) atoms. The second kappa shape index (κ2) is 9.62. The third-order valence-corrected chi connectivity index (χ3v) is 8.34. The van der Waals surface area contributed by atoms with Gasteiger partial charge in [-0.15, -0.1) is 0 Å². The first kappa shape index (κ1) is 24.9. The summed E-state index contributed by atoms with van der Waals surface area (Å²) in [5.41, 5.74) is 7.74. The lowest BCUT2D eigenvalue weighted by Crippen LogP contribution is -2.36. The second-order valence-electron chi connectivity index (χ2n) is 9.67. The molecule has 0 amide bonds. The number of hydrogen-bond acceptors (Lipinski definition) is 2. The van der Waals surface area contributed by atoms with Gasteiger partial charge in [0.25, 0.3) is 0 Å². The number of allylic oxidation sites excluding steroid dienone is 4. The van der Waals surface area contributed by atoms with Gasteiger partial charge in [-0.05, 0) is 99.9 Å². The number of rotatable bonds is 6. The molecule has 0 bridgehead atoms. The topological polar surface area (TPSA) is 18.5 Å². The predicted molar refractivity (Wildman–Crippen MR) is 145 cm³/mol. The van der Waals surface area contributed by atoms with Crippen molar-refractivity contribution in [2.45, 2.75) is 79.9 Å². The monoisotopic (exact) mass is 544 g/mol. The first-order valence-corrected chi connectivity index (χ1v) is 12.7. The van der Waals surface area contributed by atoms with E-state index in [0.29, 0.717) is 5.92 Å². The Bertz CT molecular complexity index is 1030. The van der Waals surface area contributed by atoms with E-state index in [1.807, 2.05) is 6.07 Å². The molecule has 2 aromatic rings. The first-order chi connectivity index (χ1) is 15.0. The van der Waals surface area contributed by atoms with Gasteiger partial charge in [0.05, 0.1) is 17.8 Å². The molecule has 0 fully saturated rings. The maximum Gasteiger partial charge on any atom is 0.131 e. The van der Waals surface area contributed by atoms with Gasteiger partial charge in [0.1, 0.15) is 11.5 Å². The Morgan fingerprint density at radius 2 is 1.38 bits per heavy atom. The molecule has 3 rings (SSSR count). The van der Waals surface area contributed by atoms with Gasteiger partial charge >= 0.3 is 0 Å². The zero-order valence-electron chi connectivity index (χ0n) is 21.0. The maximum atomic E-state index is 6.30. The molecule has 0 radical (unpaired) electrons. The highest BCUT2D eigenvalue weighted by molar-refractivity contribution is 14.1. The van der Waals surface area contributed by atoms with Crippen molar-refractivity contribution in [3.05, 3.63) is 73.9 Å². The van der Waals surface area contributed by atoms with Crippen molar-refractivity contribution in [2.24, 2.45) is 5.92 Å². The molecular formula is C29H37IO2. The van der Waals surface area contributed by atoms with Crippen molar-refractivity contribution < 1.29 is 9.47 Å². The Balaban J connectivity index is 2.29. The zero-order valence-corrected chi connectivity index (χ0v) is 23.1. The lowest BCUT2D eigenvalue weighted by atomic mass is 9.61. The van der Waals surface area contributed by atoms with Crippen molar-refractivity contribution in [2.75, 3.05) is 0 Å². The maximum absolute atomic E-state index is 6.30. The average Bonchev–Trinajstić information content (AvgIpc) is 2.72. The van der Waals surface area contributed by atoms with Gasteiger partial charge < -0.3 is 9.47 Å². The molecule has 0 saturated heterocycles. The fraction of sp³-hybridized carbons (Fsp3) is 0.448. The van der Waals surface area contributed by atoms with Crippen LogP contribution in [0.25, 0.3) is 5.57 Å². The van der Waals surface area contributed by atoms with Crippen molar-refractivity contribution in [3.8, 4) is 11.5 Å². The summed E-state index contributed by atoms with van der Waals surface area (Å²) in [6.45, 7) is 19.8. The third-order valence-electron chi connectivity index (χ3n) is 6.87. The molecule has 172 valence electrons. The van der Waals surface area contributed by atoms with Gasteiger partial charge in [-0.1, -0.05) is 49.8 Å². The summed E-state index contributed by atoms with van der Waals surface area (Å²) < 4.78 is 14.0. The van der Waals surface area contributed by atoms with Gasteiger partial charge in [-0.3, -0.25) is 0 Å². The van der Waals surface area contributed by atoms with Crippen molar-refractivity contribution >= 4 is 28.2 Å². The first-order valence-electron chi connectivity index (χ1n) is 11.6. The van der Waals surface area contributed by atoms with E-state index in [2.05, 4.69) is 121 Å². The largest absolute Gasteiger partial charge is 0.490 e. The van der Waals surface area contributed by atoms with Crippen LogP contribution >= 0.6 is 22.6 Å². The van der Waals surface area contributed by atoms with E-state index in [9.17, 15) is 0 Å². The molecule has 2 nitrogen and oxygen atoms in total. The Morgan fingerprint density at radius 3 is 1.88 bits per heavy atom. The second-order valence-corrected chi connectivity index (χ2v) is 10.8. The molecule has 0 heterocycles. The van der Waals surface area contributed by atoms with E-state index in [4.69, 9.17) is 9.47 Å². The predicted octanol–water partition coefficient (Wildman–Crippen LogP) is 8.66. The van der Waals surface area contributed by atoms with Crippen LogP contribution in [0.2, 0.25) is 0 Å². The normalized spacial score (nSPS) is 21.6. The molecule has 0 N–H and O–H groups in total. The van der Waals surface area contributed by atoms with E-state index >= 15 is 0 Å². The minimum Gasteiger partial charge on any atom is -0.490 e. The van der Waals surface area contributed by atoms with Crippen molar-refractivity contribution in [1.82, 2.24) is 0 Å². The summed E-state index contributed by atoms with van der Waals surface area (Å²) in [5.74, 6) is 2.10. The number of benzene rings is 2. The van der Waals surface area contributed by atoms with E-state index in [0.717, 1.165) is 17.1 Å². The fourth-order valence-electron chi connectivity index (χ4n) is 4.91. The molecule has 2 aromatic carbocycles. The smallest absolute Gasteiger partial charge is 0.131 e. The highest BCUT2D eigenvalue weighted by Crippen LogP contribution is 2.56. The molecule has 2 atom stereocenters. The minimum absolute atomic E-state index is 0.0671. The Hall–Kier alpha value is -1.75. The fourth-order valence-corrected chi connectivity index (χ4v) is 6.21. The SMILES string of the molecule is CC1=C(C)C(C)(c2ccccc2C)C(C)C(I)=C1c1c(OC(C)C)cccc1OC(C)C. The Kier molecular flexibility index (Phi) is 7.48. The van der Waals surface area contributed by atoms with Gasteiger partial charge in [-0.2, -0.15) is 0 Å². The number of hydrogen-bond donors (Lipinski definition) is 0. The lowest BCUT2D eigenvalue weighted by Gasteiger charge is -2.44. The Labute approximate surface area is 208 Å². The standard InChI is InChI=1S/C29H37IO2/c1-17(2)31-24-15-12-16-25(32-18(3)4)27(24)26-20(6)21(7)29(9,22(8)28(26)30)23-14-11-10-13-19(23)5/h10-18,22H,1-9H3. The summed E-state index contributed by atoms with van der Waals surface area (Å²) in [4.78, 5) is 0. The molecule has 0 saturated carbocycles. The molecule has 0 aliphatic heterocycles. The number of ether oxygens (including phenoxy) is 2. The van der Waals surface area contributed by atoms with E-state index in [1.165, 1.54) is 31.4 Å². The van der Waals surface area contributed by atoms with E-state index in [1.54, 1.807) is 0 Å². The molecule has 1 aliphatic carbocycles. The lowest BCUT2D eigenvalue weighted by molar-refractivity contribution is 0.228. The summed E-state index contributed by atoms with van der Waals surface area (Å²) in [6.07, 6.45) is 0.176. The quantitative estimate of drug-likeness (QED) is 0.339. The van der Waals surface area contributed by atoms with Crippen LogP contribution in [0.5, 0.6) is 11.5 Å². The molecule has 3 heteroatoms. The van der Waals surface area contributed by atoms with Gasteiger partial charge in [0.2, 0.25) is 0 Å². The highest BCUT2D eigenvalue weighted by atomic mass is 127. The van der Waals surface area contributed by atoms with Crippen molar-refractivity contribution in [1.29, 1.82) is 0 Å². The van der Waals surface area contributed by atoms with Crippen LogP contribution in [0.4, 0.5) is 0 Å². The third kappa shape index (κ3) is 4.37. The van der Waals surface area contributed by atoms with Crippen LogP contribution < -0.4 is 9.47 Å². The average molecular weight is 545 g/mol. The highest BCUT2D eigenvalue weighted by Gasteiger charge is 2.43. The van der Waals surface area contributed by atoms with Crippen LogP contribution in [0.3, 0.4) is 0 Å². The van der Waals surface area contributed by atoms with E-state index in [-0.39, 0.29) is 17.6 Å². The zero-order chi connectivity index (χ0) is 23.8. The number of aryl methyl sites for hydroxylation is 1. The van der Waals surface area contributed by atoms with Crippen LogP contribution in [-0.2, 0) is 5.41 Å². The van der Waals surface area contributed by atoms with E-state index < -0.39 is 0 Å². The van der Waals surface area contributed by atoms with Crippen LogP contribution in [0.1, 0.15) is 72.1 Å². The van der Waals surface area contributed by atoms with Crippen molar-refractivity contribution in [3.63, 3.8) is 0 Å². The van der Waals surface area contributed by atoms with Gasteiger partial charge in [0, 0.05) is 20.5 Å². The van der Waals surface area contributed by atoms with Crippen LogP contribution in [-0.4, -0.2) is 12.2 Å². The number of halogens is 1. The summed E-state index contributed by atoms with van der Waals surface area (Å²) in [5, 5.41) is 0. The summed E-state index contributed by atoms with van der Waals surface area (Å²) >= 11 is 2.57. The van der Waals surface area contributed by atoms with Crippen LogP contribution in [0.15, 0.2) is 57.2 Å². The molecule has 2 unspecified atom stereocenters. The molecule has 0 aromatic heterocycles. The van der Waals surface area contributed by atoms with Crippen LogP contribution in [0, 0.1) is 12.8 Å². The summed E-state index contributed by atoms with van der Waals surface area (Å²) in [7, 11) is 0. The van der Waals surface area contributed by atoms with Gasteiger partial charge in [0.15, 0.2) is 0 Å². The molecule has 1 aliphatic rings. The summed E-state index contributed by atoms with van der Waals surface area (Å²) in [6, 6.07) is 15.0. The minimum atomic E-state index is -0.0671. The van der Waals surface area contributed by atoms with Gasteiger partial charge in [-0.25, -0.2) is 0 Å². The Morgan fingerprint density at radius 1 is 0.844 bits per heavy atom.